The third-order valence-electron chi connectivity index (χ3n) is 3.68. The number of nitrogens with zero attached hydrogens (tertiary/aromatic N) is 1. The topological polar surface area (TPSA) is 68.9 Å². The highest BCUT2D eigenvalue weighted by molar-refractivity contribution is 7.99. The van der Waals surface area contributed by atoms with Crippen molar-refractivity contribution in [1.29, 1.82) is 0 Å². The third-order valence-corrected chi connectivity index (χ3v) is 4.68. The molecule has 0 radical (unpaired) electrons. The van der Waals surface area contributed by atoms with Crippen LogP contribution in [0.5, 0.6) is 11.5 Å². The maximum Gasteiger partial charge on any atom is 0.193 e. The van der Waals surface area contributed by atoms with Gasteiger partial charge in [0.15, 0.2) is 17.5 Å². The fraction of sp³-hybridized carbons (Fsp3) is 0.316. The summed E-state index contributed by atoms with van der Waals surface area (Å²) in [6.07, 6.45) is 0.889. The van der Waals surface area contributed by atoms with E-state index in [2.05, 4.69) is 41.5 Å². The molecular formula is C19H23N3O2S. The number of guanidine groups is 1. The van der Waals surface area contributed by atoms with Gasteiger partial charge in [-0.25, -0.2) is 0 Å². The Bertz CT molecular complexity index is 732. The fourth-order valence-electron chi connectivity index (χ4n) is 2.39. The number of nitrogens with two attached hydrogens (primary N) is 1. The lowest BCUT2D eigenvalue weighted by Crippen LogP contribution is -2.23. The molecular weight excluding hydrogens is 334 g/mol. The number of anilines is 1. The number of thioether (sulfide) groups is 1. The van der Waals surface area contributed by atoms with Crippen LogP contribution in [0.15, 0.2) is 52.4 Å². The molecule has 1 heterocycles. The molecule has 5 nitrogen and oxygen atoms in total. The van der Waals surface area contributed by atoms with Gasteiger partial charge >= 0.3 is 0 Å². The number of ether oxygens (including phenoxy) is 2. The minimum Gasteiger partial charge on any atom is -0.490 e. The number of hydrogen-bond acceptors (Lipinski definition) is 4. The number of rotatable bonds is 5. The molecule has 3 rings (SSSR count). The van der Waals surface area contributed by atoms with Crippen LogP contribution in [0, 0.1) is 6.92 Å². The number of fused-ring (bicyclic) bond motifs is 1. The predicted octanol–water partition coefficient (Wildman–Crippen LogP) is 3.68. The van der Waals surface area contributed by atoms with E-state index in [1.165, 1.54) is 10.5 Å². The molecule has 0 unspecified atom stereocenters. The molecule has 1 aliphatic rings. The van der Waals surface area contributed by atoms with E-state index in [0.29, 0.717) is 25.7 Å². The summed E-state index contributed by atoms with van der Waals surface area (Å²) in [5.74, 6) is 2.80. The Hall–Kier alpha value is -2.34. The SMILES string of the molecule is Cc1ccc(SCCN=C(N)Nc2ccc3c(c2)OCCCO3)cc1. The van der Waals surface area contributed by atoms with Gasteiger partial charge in [0, 0.05) is 28.8 Å². The lowest BCUT2D eigenvalue weighted by molar-refractivity contribution is 0.297. The van der Waals surface area contributed by atoms with E-state index in [1.807, 2.05) is 18.2 Å². The second kappa shape index (κ2) is 8.67. The van der Waals surface area contributed by atoms with Crippen LogP contribution < -0.4 is 20.5 Å². The van der Waals surface area contributed by atoms with Gasteiger partial charge < -0.3 is 20.5 Å². The molecule has 0 amide bonds. The zero-order chi connectivity index (χ0) is 17.5. The molecule has 6 heteroatoms. The van der Waals surface area contributed by atoms with Crippen molar-refractivity contribution in [1.82, 2.24) is 0 Å². The van der Waals surface area contributed by atoms with E-state index in [1.54, 1.807) is 11.8 Å². The molecule has 0 saturated carbocycles. The van der Waals surface area contributed by atoms with Gasteiger partial charge in [-0.1, -0.05) is 17.7 Å². The normalized spacial score (nSPS) is 14.0. The molecule has 3 N–H and O–H groups in total. The fourth-order valence-corrected chi connectivity index (χ4v) is 3.14. The summed E-state index contributed by atoms with van der Waals surface area (Å²) in [6, 6.07) is 14.2. The van der Waals surface area contributed by atoms with Crippen LogP contribution in [0.4, 0.5) is 5.69 Å². The minimum atomic E-state index is 0.402. The molecule has 0 aliphatic carbocycles. The number of aliphatic imine (C=N–C) groups is 1. The van der Waals surface area contributed by atoms with Gasteiger partial charge in [-0.3, -0.25) is 4.99 Å². The Kier molecular flexibility index (Phi) is 6.06. The van der Waals surface area contributed by atoms with E-state index in [0.717, 1.165) is 29.4 Å². The molecule has 0 atom stereocenters. The molecule has 1 aliphatic heterocycles. The van der Waals surface area contributed by atoms with E-state index in [-0.39, 0.29) is 0 Å². The lowest BCUT2D eigenvalue weighted by Gasteiger charge is -2.10. The van der Waals surface area contributed by atoms with E-state index >= 15 is 0 Å². The first-order valence-electron chi connectivity index (χ1n) is 8.37. The van der Waals surface area contributed by atoms with Gasteiger partial charge in [0.05, 0.1) is 19.8 Å². The Morgan fingerprint density at radius 2 is 1.88 bits per heavy atom. The zero-order valence-corrected chi connectivity index (χ0v) is 15.1. The highest BCUT2D eigenvalue weighted by Crippen LogP contribution is 2.32. The quantitative estimate of drug-likeness (QED) is 0.370. The molecule has 0 bridgehead atoms. The molecule has 0 aromatic heterocycles. The molecule has 0 fully saturated rings. The Morgan fingerprint density at radius 3 is 2.68 bits per heavy atom. The van der Waals surface area contributed by atoms with Crippen molar-refractivity contribution in [2.75, 3.05) is 30.8 Å². The maximum atomic E-state index is 5.97. The van der Waals surface area contributed by atoms with Crippen molar-refractivity contribution in [3.63, 3.8) is 0 Å². The van der Waals surface area contributed by atoms with Crippen LogP contribution in [0.2, 0.25) is 0 Å². The van der Waals surface area contributed by atoms with Crippen molar-refractivity contribution >= 4 is 23.4 Å². The van der Waals surface area contributed by atoms with Crippen LogP contribution >= 0.6 is 11.8 Å². The van der Waals surface area contributed by atoms with Gasteiger partial charge in [-0.05, 0) is 31.2 Å². The van der Waals surface area contributed by atoms with E-state index < -0.39 is 0 Å². The Balaban J connectivity index is 1.49. The smallest absolute Gasteiger partial charge is 0.193 e. The second-order valence-electron chi connectivity index (χ2n) is 5.77. The first-order chi connectivity index (χ1) is 12.2. The summed E-state index contributed by atoms with van der Waals surface area (Å²) < 4.78 is 11.3. The number of hydrogen-bond donors (Lipinski definition) is 2. The molecule has 0 spiro atoms. The number of aryl methyl sites for hydroxylation is 1. The van der Waals surface area contributed by atoms with Crippen molar-refractivity contribution in [2.45, 2.75) is 18.2 Å². The van der Waals surface area contributed by atoms with Crippen LogP contribution in [-0.2, 0) is 0 Å². The molecule has 0 saturated heterocycles. The van der Waals surface area contributed by atoms with Crippen molar-refractivity contribution in [3.8, 4) is 11.5 Å². The van der Waals surface area contributed by atoms with Crippen molar-refractivity contribution in [3.05, 3.63) is 48.0 Å². The van der Waals surface area contributed by atoms with E-state index in [9.17, 15) is 0 Å². The van der Waals surface area contributed by atoms with Gasteiger partial charge in [0.2, 0.25) is 0 Å². The molecule has 25 heavy (non-hydrogen) atoms. The summed E-state index contributed by atoms with van der Waals surface area (Å²) in [5, 5.41) is 3.10. The van der Waals surface area contributed by atoms with Crippen LogP contribution in [0.25, 0.3) is 0 Å². The summed E-state index contributed by atoms with van der Waals surface area (Å²) in [4.78, 5) is 5.62. The van der Waals surface area contributed by atoms with Crippen molar-refractivity contribution < 1.29 is 9.47 Å². The summed E-state index contributed by atoms with van der Waals surface area (Å²) in [7, 11) is 0. The van der Waals surface area contributed by atoms with Gasteiger partial charge in [0.25, 0.3) is 0 Å². The summed E-state index contributed by atoms with van der Waals surface area (Å²) in [5.41, 5.74) is 8.08. The molecule has 132 valence electrons. The van der Waals surface area contributed by atoms with Gasteiger partial charge in [-0.2, -0.15) is 0 Å². The number of nitrogens with one attached hydrogen (secondary N) is 1. The zero-order valence-electron chi connectivity index (χ0n) is 14.3. The van der Waals surface area contributed by atoms with Crippen molar-refractivity contribution in [2.24, 2.45) is 10.7 Å². The lowest BCUT2D eigenvalue weighted by atomic mass is 10.2. The summed E-state index contributed by atoms with van der Waals surface area (Å²) in [6.45, 7) is 4.09. The third kappa shape index (κ3) is 5.32. The standard InChI is InChI=1S/C19H23N3O2S/c1-14-3-6-16(7-4-14)25-12-9-21-19(20)22-15-5-8-17-18(13-15)24-11-2-10-23-17/h3-8,13H,2,9-12H2,1H3,(H3,20,21,22). The highest BCUT2D eigenvalue weighted by atomic mass is 32.2. The first kappa shape index (κ1) is 17.5. The highest BCUT2D eigenvalue weighted by Gasteiger charge is 2.10. The average molecular weight is 357 g/mol. The average Bonchev–Trinajstić information content (AvgIpc) is 2.85. The van der Waals surface area contributed by atoms with Gasteiger partial charge in [0.1, 0.15) is 0 Å². The minimum absolute atomic E-state index is 0.402. The summed E-state index contributed by atoms with van der Waals surface area (Å²) >= 11 is 1.77. The second-order valence-corrected chi connectivity index (χ2v) is 6.93. The van der Waals surface area contributed by atoms with Crippen LogP contribution in [-0.4, -0.2) is 31.5 Å². The largest absolute Gasteiger partial charge is 0.490 e. The molecule has 2 aromatic rings. The molecule has 2 aromatic carbocycles. The van der Waals surface area contributed by atoms with Gasteiger partial charge in [-0.15, -0.1) is 11.8 Å². The number of benzene rings is 2. The predicted molar refractivity (Wildman–Crippen MR) is 104 cm³/mol. The van der Waals surface area contributed by atoms with E-state index in [4.69, 9.17) is 15.2 Å². The van der Waals surface area contributed by atoms with Crippen LogP contribution in [0.3, 0.4) is 0 Å². The Morgan fingerprint density at radius 1 is 1.12 bits per heavy atom. The first-order valence-corrected chi connectivity index (χ1v) is 9.35. The Labute approximate surface area is 152 Å². The van der Waals surface area contributed by atoms with Crippen LogP contribution in [0.1, 0.15) is 12.0 Å². The maximum absolute atomic E-state index is 5.97. The monoisotopic (exact) mass is 357 g/mol.